The molecule has 7 heteroatoms. The van der Waals surface area contributed by atoms with E-state index in [0.717, 1.165) is 0 Å². The molecular weight excluding hydrogens is 358 g/mol. The van der Waals surface area contributed by atoms with Gasteiger partial charge in [-0.3, -0.25) is 9.59 Å². The topological polar surface area (TPSA) is 74.9 Å². The van der Waals surface area contributed by atoms with E-state index in [1.54, 1.807) is 12.1 Å². The van der Waals surface area contributed by atoms with Crippen molar-refractivity contribution in [3.05, 3.63) is 61.9 Å². The van der Waals surface area contributed by atoms with E-state index in [4.69, 9.17) is 16.9 Å². The average Bonchev–Trinajstić information content (AvgIpc) is 2.43. The van der Waals surface area contributed by atoms with Crippen LogP contribution in [0, 0.1) is 11.3 Å². The van der Waals surface area contributed by atoms with Gasteiger partial charge in [-0.1, -0.05) is 11.6 Å². The van der Waals surface area contributed by atoms with E-state index >= 15 is 0 Å². The van der Waals surface area contributed by atoms with E-state index in [1.165, 1.54) is 29.0 Å². The van der Waals surface area contributed by atoms with Gasteiger partial charge in [-0.25, -0.2) is 0 Å². The molecule has 0 saturated carbocycles. The maximum absolute atomic E-state index is 11.9. The van der Waals surface area contributed by atoms with Crippen LogP contribution in [0.25, 0.3) is 0 Å². The lowest BCUT2D eigenvalue weighted by Gasteiger charge is -2.08. The number of anilines is 1. The Morgan fingerprint density at radius 3 is 2.81 bits per heavy atom. The van der Waals surface area contributed by atoms with Crippen LogP contribution in [0.5, 0.6) is 0 Å². The Bertz CT molecular complexity index is 796. The molecule has 2 aromatic rings. The minimum Gasteiger partial charge on any atom is -0.324 e. The quantitative estimate of drug-likeness (QED) is 0.907. The highest BCUT2D eigenvalue weighted by molar-refractivity contribution is 9.10. The smallest absolute Gasteiger partial charge is 0.251 e. The summed E-state index contributed by atoms with van der Waals surface area (Å²) in [4.78, 5) is 23.5. The molecule has 0 saturated heterocycles. The molecule has 0 spiro atoms. The molecule has 1 N–H and O–H groups in total. The number of carbonyl (C=O) groups excluding carboxylic acids is 1. The summed E-state index contributed by atoms with van der Waals surface area (Å²) in [5.41, 5.74) is 0.524. The van der Waals surface area contributed by atoms with Gasteiger partial charge in [0.25, 0.3) is 5.56 Å². The Hall–Kier alpha value is -2.10. The Labute approximate surface area is 133 Å². The van der Waals surface area contributed by atoms with E-state index < -0.39 is 0 Å². The lowest BCUT2D eigenvalue weighted by atomic mass is 10.2. The molecule has 0 atom stereocenters. The minimum absolute atomic E-state index is 0.115. The van der Waals surface area contributed by atoms with Gasteiger partial charge in [0.05, 0.1) is 10.6 Å². The van der Waals surface area contributed by atoms with E-state index in [1.807, 2.05) is 6.07 Å². The number of nitriles is 1. The number of carbonyl (C=O) groups is 1. The highest BCUT2D eigenvalue weighted by Crippen LogP contribution is 2.20. The second kappa shape index (κ2) is 6.57. The molecule has 0 aliphatic rings. The molecule has 21 heavy (non-hydrogen) atoms. The summed E-state index contributed by atoms with van der Waals surface area (Å²) < 4.78 is 1.99. The number of hydrogen-bond donors (Lipinski definition) is 1. The van der Waals surface area contributed by atoms with Gasteiger partial charge in [0.1, 0.15) is 12.6 Å². The van der Waals surface area contributed by atoms with Crippen LogP contribution in [-0.4, -0.2) is 10.5 Å². The molecular formula is C14H9BrClN3O2. The molecule has 1 amide bonds. The van der Waals surface area contributed by atoms with Gasteiger partial charge in [0.2, 0.25) is 5.91 Å². The van der Waals surface area contributed by atoms with E-state index in [-0.39, 0.29) is 23.0 Å². The number of benzene rings is 1. The first-order valence-electron chi connectivity index (χ1n) is 5.85. The second-order valence-electron chi connectivity index (χ2n) is 4.17. The molecule has 106 valence electrons. The van der Waals surface area contributed by atoms with Crippen LogP contribution in [-0.2, 0) is 11.3 Å². The molecule has 5 nitrogen and oxygen atoms in total. The van der Waals surface area contributed by atoms with Crippen molar-refractivity contribution in [3.8, 4) is 6.07 Å². The van der Waals surface area contributed by atoms with Crippen molar-refractivity contribution in [1.82, 2.24) is 4.57 Å². The fourth-order valence-corrected chi connectivity index (χ4v) is 2.27. The molecule has 1 heterocycles. The number of rotatable bonds is 3. The molecule has 0 aliphatic heterocycles. The maximum Gasteiger partial charge on any atom is 0.251 e. The molecule has 1 aromatic heterocycles. The first kappa shape index (κ1) is 15.3. The van der Waals surface area contributed by atoms with Gasteiger partial charge >= 0.3 is 0 Å². The Kier molecular flexibility index (Phi) is 4.78. The van der Waals surface area contributed by atoms with Crippen LogP contribution in [0.2, 0.25) is 5.02 Å². The summed E-state index contributed by atoms with van der Waals surface area (Å²) in [6.45, 7) is -0.115. The first-order valence-corrected chi connectivity index (χ1v) is 7.02. The number of nitrogens with zero attached hydrogens (tertiary/aromatic N) is 2. The second-order valence-corrected chi connectivity index (χ2v) is 5.49. The molecule has 0 aliphatic carbocycles. The Balaban J connectivity index is 2.12. The minimum atomic E-state index is -0.365. The first-order chi connectivity index (χ1) is 9.99. The Morgan fingerprint density at radius 2 is 2.14 bits per heavy atom. The fraction of sp³-hybridized carbons (Fsp3) is 0.0714. The van der Waals surface area contributed by atoms with Crippen molar-refractivity contribution in [3.63, 3.8) is 0 Å². The van der Waals surface area contributed by atoms with Crippen LogP contribution in [0.15, 0.2) is 45.8 Å². The van der Waals surface area contributed by atoms with Gasteiger partial charge in [-0.05, 0) is 40.2 Å². The fourth-order valence-electron chi connectivity index (χ4n) is 1.66. The summed E-state index contributed by atoms with van der Waals surface area (Å²) in [6.07, 6.45) is 1.54. The van der Waals surface area contributed by atoms with Crippen LogP contribution in [0.1, 0.15) is 5.56 Å². The number of hydrogen-bond acceptors (Lipinski definition) is 3. The van der Waals surface area contributed by atoms with Crippen LogP contribution in [0.4, 0.5) is 5.69 Å². The normalized spacial score (nSPS) is 9.95. The summed E-state index contributed by atoms with van der Waals surface area (Å²) >= 11 is 9.12. The monoisotopic (exact) mass is 365 g/mol. The summed E-state index contributed by atoms with van der Waals surface area (Å²) in [5.74, 6) is -0.365. The van der Waals surface area contributed by atoms with E-state index in [2.05, 4.69) is 21.2 Å². The lowest BCUT2D eigenvalue weighted by Crippen LogP contribution is -2.26. The van der Waals surface area contributed by atoms with Gasteiger partial charge in [-0.2, -0.15) is 5.26 Å². The van der Waals surface area contributed by atoms with Crippen molar-refractivity contribution in [2.24, 2.45) is 0 Å². The van der Waals surface area contributed by atoms with Gasteiger partial charge in [0, 0.05) is 22.4 Å². The number of nitrogens with one attached hydrogen (secondary N) is 1. The van der Waals surface area contributed by atoms with E-state index in [9.17, 15) is 9.59 Å². The standard InChI is InChI=1S/C14H9BrClN3O2/c15-10-2-4-14(21)19(7-10)8-13(20)18-11-3-1-9(6-17)12(16)5-11/h1-5,7H,8H2,(H,18,20). The third-order valence-electron chi connectivity index (χ3n) is 2.63. The van der Waals surface area contributed by atoms with Gasteiger partial charge in [-0.15, -0.1) is 0 Å². The molecule has 0 unspecified atom stereocenters. The van der Waals surface area contributed by atoms with Crippen LogP contribution < -0.4 is 10.9 Å². The summed E-state index contributed by atoms with van der Waals surface area (Å²) in [6, 6.07) is 9.49. The molecule has 1 aromatic carbocycles. The SMILES string of the molecule is N#Cc1ccc(NC(=O)Cn2cc(Br)ccc2=O)cc1Cl. The van der Waals surface area contributed by atoms with Crippen molar-refractivity contribution in [2.45, 2.75) is 6.54 Å². The van der Waals surface area contributed by atoms with Crippen molar-refractivity contribution < 1.29 is 4.79 Å². The average molecular weight is 367 g/mol. The zero-order valence-corrected chi connectivity index (χ0v) is 13.0. The molecule has 2 rings (SSSR count). The third kappa shape index (κ3) is 3.94. The van der Waals surface area contributed by atoms with Crippen molar-refractivity contribution in [1.29, 1.82) is 5.26 Å². The van der Waals surface area contributed by atoms with Crippen LogP contribution >= 0.6 is 27.5 Å². The number of aromatic nitrogens is 1. The lowest BCUT2D eigenvalue weighted by molar-refractivity contribution is -0.116. The molecule has 0 radical (unpaired) electrons. The van der Waals surface area contributed by atoms with Crippen molar-refractivity contribution in [2.75, 3.05) is 5.32 Å². The summed E-state index contributed by atoms with van der Waals surface area (Å²) in [5, 5.41) is 11.7. The summed E-state index contributed by atoms with van der Waals surface area (Å²) in [7, 11) is 0. The third-order valence-corrected chi connectivity index (χ3v) is 3.42. The zero-order chi connectivity index (χ0) is 15.4. The number of pyridine rings is 1. The number of amides is 1. The maximum atomic E-state index is 11.9. The molecule has 0 bridgehead atoms. The predicted molar refractivity (Wildman–Crippen MR) is 83.2 cm³/mol. The highest BCUT2D eigenvalue weighted by Gasteiger charge is 2.07. The van der Waals surface area contributed by atoms with Crippen molar-refractivity contribution >= 4 is 39.1 Å². The van der Waals surface area contributed by atoms with E-state index in [0.29, 0.717) is 15.7 Å². The molecule has 0 fully saturated rings. The number of halogens is 2. The Morgan fingerprint density at radius 1 is 1.38 bits per heavy atom. The van der Waals surface area contributed by atoms with Gasteiger partial charge < -0.3 is 9.88 Å². The zero-order valence-electron chi connectivity index (χ0n) is 10.6. The van der Waals surface area contributed by atoms with Crippen LogP contribution in [0.3, 0.4) is 0 Å². The predicted octanol–water partition coefficient (Wildman–Crippen LogP) is 2.77. The van der Waals surface area contributed by atoms with Gasteiger partial charge in [0.15, 0.2) is 0 Å². The largest absolute Gasteiger partial charge is 0.324 e. The highest BCUT2D eigenvalue weighted by atomic mass is 79.9.